The topological polar surface area (TPSA) is 12.0 Å². The molecule has 0 aliphatic carbocycles. The van der Waals surface area contributed by atoms with Crippen molar-refractivity contribution in [3.05, 3.63) is 35.1 Å². The van der Waals surface area contributed by atoms with Crippen LogP contribution in [0.25, 0.3) is 0 Å². The summed E-state index contributed by atoms with van der Waals surface area (Å²) in [6, 6.07) is 5.87. The number of nitrogens with one attached hydrogen (secondary N) is 1. The first kappa shape index (κ1) is 8.70. The number of hydrogen-bond donors (Lipinski definition) is 1. The first-order valence-electron chi connectivity index (χ1n) is 4.71. The van der Waals surface area contributed by atoms with E-state index in [0.29, 0.717) is 12.1 Å². The van der Waals surface area contributed by atoms with Crippen LogP contribution in [0.5, 0.6) is 0 Å². The summed E-state index contributed by atoms with van der Waals surface area (Å²) >= 11 is 0. The largest absolute Gasteiger partial charge is 0.307 e. The fourth-order valence-corrected chi connectivity index (χ4v) is 2.08. The molecule has 1 N–H and O–H groups in total. The summed E-state index contributed by atoms with van der Waals surface area (Å²) in [4.78, 5) is 0. The molecular weight excluding hydrogens is 165 g/mol. The lowest BCUT2D eigenvalue weighted by atomic mass is 9.91. The zero-order valence-corrected chi connectivity index (χ0v) is 7.97. The third kappa shape index (κ3) is 1.59. The van der Waals surface area contributed by atoms with E-state index in [1.165, 1.54) is 11.6 Å². The minimum absolute atomic E-state index is 0.125. The van der Waals surface area contributed by atoms with Gasteiger partial charge >= 0.3 is 0 Å². The molecule has 2 heteroatoms. The van der Waals surface area contributed by atoms with Crippen molar-refractivity contribution < 1.29 is 4.39 Å². The Morgan fingerprint density at radius 2 is 2.15 bits per heavy atom. The molecule has 0 spiro atoms. The molecule has 2 rings (SSSR count). The Morgan fingerprint density at radius 1 is 1.38 bits per heavy atom. The van der Waals surface area contributed by atoms with E-state index in [2.05, 4.69) is 19.2 Å². The second kappa shape index (κ2) is 3.11. The summed E-state index contributed by atoms with van der Waals surface area (Å²) in [5.41, 5.74) is 2.39. The Morgan fingerprint density at radius 3 is 2.92 bits per heavy atom. The first-order valence-corrected chi connectivity index (χ1v) is 4.71. The van der Waals surface area contributed by atoms with Crippen molar-refractivity contribution in [3.63, 3.8) is 0 Å². The van der Waals surface area contributed by atoms with Gasteiger partial charge in [0.15, 0.2) is 0 Å². The van der Waals surface area contributed by atoms with Gasteiger partial charge in [-0.15, -0.1) is 0 Å². The van der Waals surface area contributed by atoms with Crippen LogP contribution in [0.4, 0.5) is 4.39 Å². The Bertz CT molecular complexity index is 322. The average Bonchev–Trinajstić information content (AvgIpc) is 2.02. The molecule has 0 aromatic heterocycles. The van der Waals surface area contributed by atoms with Gasteiger partial charge in [-0.3, -0.25) is 0 Å². The molecule has 0 amide bonds. The number of hydrogen-bond acceptors (Lipinski definition) is 1. The van der Waals surface area contributed by atoms with Gasteiger partial charge in [-0.1, -0.05) is 6.07 Å². The Kier molecular flexibility index (Phi) is 2.08. The van der Waals surface area contributed by atoms with Gasteiger partial charge in [0.1, 0.15) is 5.82 Å². The number of benzene rings is 1. The molecule has 1 heterocycles. The summed E-state index contributed by atoms with van der Waals surface area (Å²) in [6.45, 7) is 4.25. The molecule has 2 atom stereocenters. The van der Waals surface area contributed by atoms with Crippen molar-refractivity contribution >= 4 is 0 Å². The zero-order chi connectivity index (χ0) is 9.42. The van der Waals surface area contributed by atoms with E-state index < -0.39 is 0 Å². The van der Waals surface area contributed by atoms with Crippen LogP contribution < -0.4 is 5.32 Å². The van der Waals surface area contributed by atoms with Crippen molar-refractivity contribution in [2.24, 2.45) is 0 Å². The van der Waals surface area contributed by atoms with Crippen LogP contribution in [-0.2, 0) is 6.42 Å². The molecule has 0 fully saturated rings. The zero-order valence-electron chi connectivity index (χ0n) is 7.97. The van der Waals surface area contributed by atoms with Gasteiger partial charge in [0.25, 0.3) is 0 Å². The van der Waals surface area contributed by atoms with E-state index >= 15 is 0 Å². The molecule has 0 saturated carbocycles. The fourth-order valence-electron chi connectivity index (χ4n) is 2.08. The average molecular weight is 179 g/mol. The van der Waals surface area contributed by atoms with Crippen molar-refractivity contribution in [1.29, 1.82) is 0 Å². The molecule has 1 aromatic rings. The van der Waals surface area contributed by atoms with Crippen LogP contribution in [0.1, 0.15) is 31.0 Å². The smallest absolute Gasteiger partial charge is 0.123 e. The standard InChI is InChI=1S/C11H14FN/c1-7-5-9-6-10(12)3-4-11(9)8(2)13-7/h3-4,6-8,13H,5H2,1-2H3/t7-,8-/m1/s1. The van der Waals surface area contributed by atoms with Crippen LogP contribution in [0.3, 0.4) is 0 Å². The molecule has 1 nitrogen and oxygen atoms in total. The Balaban J connectivity index is 2.43. The van der Waals surface area contributed by atoms with Crippen LogP contribution in [-0.4, -0.2) is 6.04 Å². The minimum atomic E-state index is -0.125. The molecule has 1 aromatic carbocycles. The number of fused-ring (bicyclic) bond motifs is 1. The monoisotopic (exact) mass is 179 g/mol. The van der Waals surface area contributed by atoms with E-state index in [9.17, 15) is 4.39 Å². The van der Waals surface area contributed by atoms with Crippen LogP contribution in [0, 0.1) is 5.82 Å². The van der Waals surface area contributed by atoms with Gasteiger partial charge in [0, 0.05) is 12.1 Å². The van der Waals surface area contributed by atoms with Gasteiger partial charge in [0.2, 0.25) is 0 Å². The van der Waals surface area contributed by atoms with Crippen molar-refractivity contribution in [3.8, 4) is 0 Å². The number of rotatable bonds is 0. The highest BCUT2D eigenvalue weighted by atomic mass is 19.1. The van der Waals surface area contributed by atoms with Crippen molar-refractivity contribution in [1.82, 2.24) is 5.32 Å². The molecular formula is C11H14FN. The third-order valence-corrected chi connectivity index (χ3v) is 2.63. The van der Waals surface area contributed by atoms with Crippen LogP contribution >= 0.6 is 0 Å². The SMILES string of the molecule is C[C@@H]1Cc2cc(F)ccc2[C@@H](C)N1. The van der Waals surface area contributed by atoms with Gasteiger partial charge in [-0.25, -0.2) is 4.39 Å². The molecule has 70 valence electrons. The quantitative estimate of drug-likeness (QED) is 0.645. The van der Waals surface area contributed by atoms with Gasteiger partial charge in [-0.2, -0.15) is 0 Å². The molecule has 0 bridgehead atoms. The van der Waals surface area contributed by atoms with Gasteiger partial charge in [0.05, 0.1) is 0 Å². The Labute approximate surface area is 78.0 Å². The predicted molar refractivity (Wildman–Crippen MR) is 51.1 cm³/mol. The van der Waals surface area contributed by atoms with E-state index in [-0.39, 0.29) is 5.82 Å². The molecule has 0 unspecified atom stereocenters. The van der Waals surface area contributed by atoms with Gasteiger partial charge in [-0.05, 0) is 43.5 Å². The summed E-state index contributed by atoms with van der Waals surface area (Å²) in [5, 5.41) is 3.43. The molecule has 0 radical (unpaired) electrons. The van der Waals surface area contributed by atoms with E-state index in [4.69, 9.17) is 0 Å². The highest BCUT2D eigenvalue weighted by Crippen LogP contribution is 2.25. The molecule has 13 heavy (non-hydrogen) atoms. The lowest BCUT2D eigenvalue weighted by Crippen LogP contribution is -2.35. The van der Waals surface area contributed by atoms with Gasteiger partial charge < -0.3 is 5.32 Å². The summed E-state index contributed by atoms with van der Waals surface area (Å²) in [6.07, 6.45) is 0.928. The maximum absolute atomic E-state index is 12.9. The second-order valence-corrected chi connectivity index (χ2v) is 3.84. The van der Waals surface area contributed by atoms with E-state index in [1.54, 1.807) is 6.07 Å². The Hall–Kier alpha value is -0.890. The normalized spacial score (nSPS) is 27.0. The molecule has 1 aliphatic rings. The summed E-state index contributed by atoms with van der Waals surface area (Å²) in [7, 11) is 0. The lowest BCUT2D eigenvalue weighted by Gasteiger charge is -2.28. The number of halogens is 1. The summed E-state index contributed by atoms with van der Waals surface area (Å²) in [5.74, 6) is -0.125. The fraction of sp³-hybridized carbons (Fsp3) is 0.455. The second-order valence-electron chi connectivity index (χ2n) is 3.84. The van der Waals surface area contributed by atoms with Crippen molar-refractivity contribution in [2.45, 2.75) is 32.4 Å². The molecule has 1 aliphatic heterocycles. The maximum Gasteiger partial charge on any atom is 0.123 e. The first-order chi connectivity index (χ1) is 6.16. The highest BCUT2D eigenvalue weighted by molar-refractivity contribution is 5.33. The van der Waals surface area contributed by atoms with E-state index in [0.717, 1.165) is 12.0 Å². The predicted octanol–water partition coefficient (Wildman–Crippen LogP) is 2.42. The van der Waals surface area contributed by atoms with Crippen molar-refractivity contribution in [2.75, 3.05) is 0 Å². The maximum atomic E-state index is 12.9. The van der Waals surface area contributed by atoms with Crippen LogP contribution in [0.2, 0.25) is 0 Å². The third-order valence-electron chi connectivity index (χ3n) is 2.63. The highest BCUT2D eigenvalue weighted by Gasteiger charge is 2.20. The minimum Gasteiger partial charge on any atom is -0.307 e. The van der Waals surface area contributed by atoms with E-state index in [1.807, 2.05) is 6.07 Å². The van der Waals surface area contributed by atoms with Crippen LogP contribution in [0.15, 0.2) is 18.2 Å². The lowest BCUT2D eigenvalue weighted by molar-refractivity contribution is 0.443. The summed E-state index contributed by atoms with van der Waals surface area (Å²) < 4.78 is 12.9. The molecule has 0 saturated heterocycles.